The van der Waals surface area contributed by atoms with Gasteiger partial charge in [0, 0.05) is 56.2 Å². The number of amides is 2. The second-order valence-electron chi connectivity index (χ2n) is 7.93. The number of nitrogens with two attached hydrogens (primary N) is 1. The molecule has 2 amide bonds. The minimum Gasteiger partial charge on any atom is -0.464 e. The topological polar surface area (TPSA) is 97.9 Å². The molecule has 0 radical (unpaired) electrons. The summed E-state index contributed by atoms with van der Waals surface area (Å²) in [6, 6.07) is 16.7. The Labute approximate surface area is 192 Å². The zero-order valence-electron chi connectivity index (χ0n) is 18.7. The van der Waals surface area contributed by atoms with Gasteiger partial charge in [-0.1, -0.05) is 36.4 Å². The van der Waals surface area contributed by atoms with Crippen LogP contribution in [0, 0.1) is 0 Å². The normalized spacial score (nSPS) is 13.6. The molecule has 1 fully saturated rings. The Morgan fingerprint density at radius 3 is 2.27 bits per heavy atom. The fraction of sp³-hybridized carbons (Fsp3) is 0.240. The third-order valence-corrected chi connectivity index (χ3v) is 5.92. The minimum atomic E-state index is -0.551. The van der Waals surface area contributed by atoms with Crippen molar-refractivity contribution in [3.63, 3.8) is 0 Å². The number of esters is 1. The number of hydrogen-bond acceptors (Lipinski definition) is 5. The molecular weight excluding hydrogens is 420 g/mol. The zero-order valence-corrected chi connectivity index (χ0v) is 18.7. The Morgan fingerprint density at radius 2 is 1.64 bits per heavy atom. The van der Waals surface area contributed by atoms with Gasteiger partial charge in [-0.15, -0.1) is 0 Å². The van der Waals surface area contributed by atoms with Crippen LogP contribution < -0.4 is 10.6 Å². The van der Waals surface area contributed by atoms with Crippen LogP contribution in [0.3, 0.4) is 0 Å². The molecule has 0 saturated carbocycles. The van der Waals surface area contributed by atoms with Crippen molar-refractivity contribution in [3.8, 4) is 11.1 Å². The standard InChI is InChI=1S/C25H26N4O4/c1-27-16-20(17-7-4-3-5-8-17)21(22(27)25(32)33-2)24(31)29-13-11-28(12-14-29)19-10-6-9-18(15-19)23(26)30/h3-10,15-16H,11-14H2,1-2H3,(H2,26,30). The van der Waals surface area contributed by atoms with Crippen molar-refractivity contribution in [2.24, 2.45) is 12.8 Å². The summed E-state index contributed by atoms with van der Waals surface area (Å²) in [4.78, 5) is 41.6. The summed E-state index contributed by atoms with van der Waals surface area (Å²) in [6.45, 7) is 2.14. The Balaban J connectivity index is 1.61. The molecule has 8 heteroatoms. The largest absolute Gasteiger partial charge is 0.464 e. The van der Waals surface area contributed by atoms with E-state index in [1.807, 2.05) is 36.4 Å². The minimum absolute atomic E-state index is 0.208. The molecule has 0 atom stereocenters. The van der Waals surface area contributed by atoms with Gasteiger partial charge in [0.05, 0.1) is 12.7 Å². The van der Waals surface area contributed by atoms with Gasteiger partial charge in [0.25, 0.3) is 5.91 Å². The molecule has 33 heavy (non-hydrogen) atoms. The summed E-state index contributed by atoms with van der Waals surface area (Å²) >= 11 is 0. The average molecular weight is 447 g/mol. The van der Waals surface area contributed by atoms with Crippen molar-refractivity contribution in [1.82, 2.24) is 9.47 Å². The Hall–Kier alpha value is -4.07. The van der Waals surface area contributed by atoms with Crippen LogP contribution in [0.5, 0.6) is 0 Å². The number of aryl methyl sites for hydroxylation is 1. The zero-order chi connectivity index (χ0) is 23.5. The fourth-order valence-corrected chi connectivity index (χ4v) is 4.20. The number of carbonyl (C=O) groups excluding carboxylic acids is 3. The molecule has 170 valence electrons. The third-order valence-electron chi connectivity index (χ3n) is 5.92. The van der Waals surface area contributed by atoms with Gasteiger partial charge in [-0.25, -0.2) is 4.79 Å². The number of nitrogens with zero attached hydrogens (tertiary/aromatic N) is 3. The van der Waals surface area contributed by atoms with Crippen molar-refractivity contribution < 1.29 is 19.1 Å². The number of methoxy groups -OCH3 is 1. The Bertz CT molecular complexity index is 1190. The fourth-order valence-electron chi connectivity index (χ4n) is 4.20. The lowest BCUT2D eigenvalue weighted by atomic mass is 10.0. The summed E-state index contributed by atoms with van der Waals surface area (Å²) in [6.07, 6.45) is 1.79. The van der Waals surface area contributed by atoms with E-state index in [0.29, 0.717) is 42.9 Å². The maximum Gasteiger partial charge on any atom is 0.355 e. The molecule has 1 aliphatic rings. The van der Waals surface area contributed by atoms with E-state index in [0.717, 1.165) is 11.3 Å². The quantitative estimate of drug-likeness (QED) is 0.608. The molecular formula is C25H26N4O4. The molecule has 3 aromatic rings. The average Bonchev–Trinajstić information content (AvgIpc) is 3.20. The number of primary amides is 1. The third kappa shape index (κ3) is 4.32. The molecule has 1 saturated heterocycles. The van der Waals surface area contributed by atoms with Gasteiger partial charge in [0.1, 0.15) is 5.69 Å². The Kier molecular flexibility index (Phi) is 6.17. The molecule has 4 rings (SSSR count). The number of aromatic nitrogens is 1. The second kappa shape index (κ2) is 9.20. The molecule has 2 aromatic carbocycles. The summed E-state index contributed by atoms with van der Waals surface area (Å²) in [7, 11) is 3.05. The first-order valence-corrected chi connectivity index (χ1v) is 10.7. The van der Waals surface area contributed by atoms with E-state index in [2.05, 4.69) is 4.90 Å². The van der Waals surface area contributed by atoms with Crippen molar-refractivity contribution in [2.75, 3.05) is 38.2 Å². The van der Waals surface area contributed by atoms with Crippen LogP contribution in [0.25, 0.3) is 11.1 Å². The van der Waals surface area contributed by atoms with Crippen LogP contribution in [0.15, 0.2) is 60.8 Å². The van der Waals surface area contributed by atoms with E-state index in [-0.39, 0.29) is 11.6 Å². The molecule has 0 bridgehead atoms. The van der Waals surface area contributed by atoms with E-state index >= 15 is 0 Å². The van der Waals surface area contributed by atoms with Crippen LogP contribution in [-0.4, -0.2) is 60.5 Å². The molecule has 0 spiro atoms. The highest BCUT2D eigenvalue weighted by Crippen LogP contribution is 2.30. The lowest BCUT2D eigenvalue weighted by Gasteiger charge is -2.36. The number of carbonyl (C=O) groups is 3. The predicted molar refractivity (Wildman–Crippen MR) is 125 cm³/mol. The van der Waals surface area contributed by atoms with Gasteiger partial charge in [0.15, 0.2) is 0 Å². The second-order valence-corrected chi connectivity index (χ2v) is 7.93. The van der Waals surface area contributed by atoms with Crippen molar-refractivity contribution in [3.05, 3.63) is 77.6 Å². The van der Waals surface area contributed by atoms with Gasteiger partial charge < -0.3 is 24.8 Å². The monoisotopic (exact) mass is 446 g/mol. The van der Waals surface area contributed by atoms with Crippen molar-refractivity contribution >= 4 is 23.5 Å². The highest BCUT2D eigenvalue weighted by Gasteiger charge is 2.31. The van der Waals surface area contributed by atoms with Crippen LogP contribution in [0.2, 0.25) is 0 Å². The molecule has 0 aliphatic carbocycles. The number of benzene rings is 2. The maximum atomic E-state index is 13.7. The van der Waals surface area contributed by atoms with E-state index in [9.17, 15) is 14.4 Å². The molecule has 1 aliphatic heterocycles. The smallest absolute Gasteiger partial charge is 0.355 e. The van der Waals surface area contributed by atoms with E-state index in [1.54, 1.807) is 40.9 Å². The van der Waals surface area contributed by atoms with Gasteiger partial charge in [-0.2, -0.15) is 0 Å². The van der Waals surface area contributed by atoms with Crippen molar-refractivity contribution in [2.45, 2.75) is 0 Å². The summed E-state index contributed by atoms with van der Waals surface area (Å²) in [5.74, 6) is -1.23. The van der Waals surface area contributed by atoms with Crippen LogP contribution >= 0.6 is 0 Å². The summed E-state index contributed by atoms with van der Waals surface area (Å²) in [5, 5.41) is 0. The summed E-state index contributed by atoms with van der Waals surface area (Å²) in [5.41, 5.74) is 8.87. The predicted octanol–water partition coefficient (Wildman–Crippen LogP) is 2.54. The SMILES string of the molecule is COC(=O)c1c(C(=O)N2CCN(c3cccc(C(N)=O)c3)CC2)c(-c2ccccc2)cn1C. The van der Waals surface area contributed by atoms with E-state index in [4.69, 9.17) is 10.5 Å². The molecule has 8 nitrogen and oxygen atoms in total. The van der Waals surface area contributed by atoms with E-state index in [1.165, 1.54) is 7.11 Å². The van der Waals surface area contributed by atoms with Crippen molar-refractivity contribution in [1.29, 1.82) is 0 Å². The number of hydrogen-bond donors (Lipinski definition) is 1. The molecule has 1 aromatic heterocycles. The van der Waals surface area contributed by atoms with Crippen LogP contribution in [-0.2, 0) is 11.8 Å². The van der Waals surface area contributed by atoms with Gasteiger partial charge in [0.2, 0.25) is 5.91 Å². The lowest BCUT2D eigenvalue weighted by Crippen LogP contribution is -2.49. The van der Waals surface area contributed by atoms with Crippen LogP contribution in [0.1, 0.15) is 31.2 Å². The van der Waals surface area contributed by atoms with Crippen LogP contribution in [0.4, 0.5) is 5.69 Å². The molecule has 2 heterocycles. The highest BCUT2D eigenvalue weighted by atomic mass is 16.5. The maximum absolute atomic E-state index is 13.7. The first kappa shape index (κ1) is 22.1. The number of anilines is 1. The first-order valence-electron chi connectivity index (χ1n) is 10.7. The van der Waals surface area contributed by atoms with Gasteiger partial charge in [-0.3, -0.25) is 9.59 Å². The number of piperazine rings is 1. The molecule has 0 unspecified atom stereocenters. The first-order chi connectivity index (χ1) is 15.9. The van der Waals surface area contributed by atoms with E-state index < -0.39 is 11.9 Å². The highest BCUT2D eigenvalue weighted by molar-refractivity contribution is 6.09. The van der Waals surface area contributed by atoms with Gasteiger partial charge in [-0.05, 0) is 23.8 Å². The Morgan fingerprint density at radius 1 is 0.939 bits per heavy atom. The van der Waals surface area contributed by atoms with Gasteiger partial charge >= 0.3 is 5.97 Å². The summed E-state index contributed by atoms with van der Waals surface area (Å²) < 4.78 is 6.62. The number of ether oxygens (including phenoxy) is 1. The number of rotatable bonds is 5. The lowest BCUT2D eigenvalue weighted by molar-refractivity contribution is 0.0578. The molecule has 2 N–H and O–H groups in total.